The molecule has 0 aliphatic carbocycles. The zero-order valence-electron chi connectivity index (χ0n) is 11.9. The van der Waals surface area contributed by atoms with Crippen molar-refractivity contribution in [2.75, 3.05) is 11.9 Å². The van der Waals surface area contributed by atoms with Gasteiger partial charge in [0.25, 0.3) is 11.8 Å². The SMILES string of the molecule is CN(Cc1nc(C(F)(F)F)cs1)c1noc(-c2ccccc2)n1. The Bertz CT molecular complexity index is 785. The molecule has 0 atom stereocenters. The Hall–Kier alpha value is -2.42. The fourth-order valence-corrected chi connectivity index (χ4v) is 2.71. The lowest BCUT2D eigenvalue weighted by atomic mass is 10.2. The molecular formula is C14H11F3N4OS. The smallest absolute Gasteiger partial charge is 0.334 e. The predicted molar refractivity (Wildman–Crippen MR) is 79.0 cm³/mol. The first-order chi connectivity index (χ1) is 10.9. The van der Waals surface area contributed by atoms with E-state index in [2.05, 4.69) is 15.1 Å². The minimum atomic E-state index is -4.43. The number of aromatic nitrogens is 3. The molecule has 2 heterocycles. The van der Waals surface area contributed by atoms with Crippen LogP contribution in [0.25, 0.3) is 11.5 Å². The maximum atomic E-state index is 12.5. The number of nitrogens with zero attached hydrogens (tertiary/aromatic N) is 4. The van der Waals surface area contributed by atoms with Gasteiger partial charge in [-0.2, -0.15) is 18.2 Å². The molecule has 1 aromatic carbocycles. The Morgan fingerprint density at radius 2 is 1.91 bits per heavy atom. The molecule has 0 saturated carbocycles. The fraction of sp³-hybridized carbons (Fsp3) is 0.214. The fourth-order valence-electron chi connectivity index (χ4n) is 1.86. The van der Waals surface area contributed by atoms with Gasteiger partial charge in [-0.25, -0.2) is 4.98 Å². The Balaban J connectivity index is 1.73. The van der Waals surface area contributed by atoms with Crippen LogP contribution < -0.4 is 4.90 Å². The molecule has 0 radical (unpaired) electrons. The Morgan fingerprint density at radius 3 is 2.57 bits per heavy atom. The van der Waals surface area contributed by atoms with E-state index < -0.39 is 11.9 Å². The molecular weight excluding hydrogens is 329 g/mol. The number of thiazole rings is 1. The van der Waals surface area contributed by atoms with E-state index in [0.29, 0.717) is 10.9 Å². The highest BCUT2D eigenvalue weighted by Gasteiger charge is 2.33. The van der Waals surface area contributed by atoms with E-state index in [4.69, 9.17) is 4.52 Å². The maximum Gasteiger partial charge on any atom is 0.434 e. The van der Waals surface area contributed by atoms with Crippen LogP contribution in [-0.4, -0.2) is 22.2 Å². The first-order valence-electron chi connectivity index (χ1n) is 6.55. The molecule has 0 bridgehead atoms. The minimum absolute atomic E-state index is 0.161. The molecule has 0 aliphatic heterocycles. The van der Waals surface area contributed by atoms with Crippen LogP contribution >= 0.6 is 11.3 Å². The molecule has 0 amide bonds. The van der Waals surface area contributed by atoms with Gasteiger partial charge >= 0.3 is 6.18 Å². The van der Waals surface area contributed by atoms with E-state index in [1.165, 1.54) is 0 Å². The van der Waals surface area contributed by atoms with E-state index in [0.717, 1.165) is 22.3 Å². The molecule has 0 saturated heterocycles. The average molecular weight is 340 g/mol. The van der Waals surface area contributed by atoms with Crippen molar-refractivity contribution in [3.8, 4) is 11.5 Å². The number of rotatable bonds is 4. The average Bonchev–Trinajstić information content (AvgIpc) is 3.16. The van der Waals surface area contributed by atoms with Gasteiger partial charge in [0.2, 0.25) is 0 Å². The molecule has 5 nitrogen and oxygen atoms in total. The number of alkyl halides is 3. The highest BCUT2D eigenvalue weighted by atomic mass is 32.1. The molecule has 2 aromatic heterocycles. The summed E-state index contributed by atoms with van der Waals surface area (Å²) in [5.74, 6) is 0.634. The first kappa shape index (κ1) is 15.5. The van der Waals surface area contributed by atoms with Crippen molar-refractivity contribution < 1.29 is 17.7 Å². The second-order valence-corrected chi connectivity index (χ2v) is 5.69. The molecule has 3 aromatic rings. The van der Waals surface area contributed by atoms with E-state index >= 15 is 0 Å². The molecule has 23 heavy (non-hydrogen) atoms. The summed E-state index contributed by atoms with van der Waals surface area (Å²) in [4.78, 5) is 9.39. The maximum absolute atomic E-state index is 12.5. The van der Waals surface area contributed by atoms with Crippen molar-refractivity contribution >= 4 is 17.3 Å². The zero-order chi connectivity index (χ0) is 16.4. The van der Waals surface area contributed by atoms with Crippen LogP contribution in [0.2, 0.25) is 0 Å². The summed E-state index contributed by atoms with van der Waals surface area (Å²) in [6.07, 6.45) is -4.43. The molecule has 0 aliphatic rings. The van der Waals surface area contributed by atoms with Crippen LogP contribution in [0.3, 0.4) is 0 Å². The van der Waals surface area contributed by atoms with Crippen molar-refractivity contribution in [2.45, 2.75) is 12.7 Å². The van der Waals surface area contributed by atoms with Gasteiger partial charge in [0.15, 0.2) is 5.69 Å². The van der Waals surface area contributed by atoms with Crippen molar-refractivity contribution in [1.29, 1.82) is 0 Å². The van der Waals surface area contributed by atoms with E-state index in [1.54, 1.807) is 11.9 Å². The number of benzene rings is 1. The first-order valence-corrected chi connectivity index (χ1v) is 7.43. The molecule has 3 rings (SSSR count). The van der Waals surface area contributed by atoms with Gasteiger partial charge in [-0.15, -0.1) is 11.3 Å². The largest absolute Gasteiger partial charge is 0.434 e. The minimum Gasteiger partial charge on any atom is -0.334 e. The van der Waals surface area contributed by atoms with Gasteiger partial charge in [-0.1, -0.05) is 18.2 Å². The quantitative estimate of drug-likeness (QED) is 0.722. The van der Waals surface area contributed by atoms with Gasteiger partial charge in [-0.3, -0.25) is 0 Å². The van der Waals surface area contributed by atoms with Crippen molar-refractivity contribution in [3.05, 3.63) is 46.4 Å². The Labute approximate surface area is 133 Å². The third-order valence-electron chi connectivity index (χ3n) is 2.99. The predicted octanol–water partition coefficient (Wildman–Crippen LogP) is 3.85. The summed E-state index contributed by atoms with van der Waals surface area (Å²) in [6, 6.07) is 9.21. The lowest BCUT2D eigenvalue weighted by Crippen LogP contribution is -2.18. The third kappa shape index (κ3) is 3.50. The summed E-state index contributed by atoms with van der Waals surface area (Å²) in [7, 11) is 1.66. The van der Waals surface area contributed by atoms with Crippen LogP contribution in [0.5, 0.6) is 0 Å². The van der Waals surface area contributed by atoms with Crippen LogP contribution in [0, 0.1) is 0 Å². The molecule has 0 unspecified atom stereocenters. The number of hydrogen-bond donors (Lipinski definition) is 0. The standard InChI is InChI=1S/C14H11F3N4OS/c1-21(7-11-18-10(8-23-11)14(15,16)17)13-19-12(22-20-13)9-5-3-2-4-6-9/h2-6,8H,7H2,1H3. The summed E-state index contributed by atoms with van der Waals surface area (Å²) in [5, 5.41) is 5.16. The van der Waals surface area contributed by atoms with Crippen LogP contribution in [0.15, 0.2) is 40.2 Å². The monoisotopic (exact) mass is 340 g/mol. The van der Waals surface area contributed by atoms with E-state index in [1.807, 2.05) is 30.3 Å². The molecule has 0 spiro atoms. The van der Waals surface area contributed by atoms with Gasteiger partial charge in [0, 0.05) is 18.0 Å². The lowest BCUT2D eigenvalue weighted by Gasteiger charge is -2.11. The van der Waals surface area contributed by atoms with Crippen LogP contribution in [-0.2, 0) is 12.7 Å². The second-order valence-electron chi connectivity index (χ2n) is 4.75. The van der Waals surface area contributed by atoms with Crippen LogP contribution in [0.4, 0.5) is 19.1 Å². The van der Waals surface area contributed by atoms with Gasteiger partial charge < -0.3 is 9.42 Å². The second kappa shape index (κ2) is 5.99. The molecule has 120 valence electrons. The van der Waals surface area contributed by atoms with Crippen molar-refractivity contribution in [2.24, 2.45) is 0 Å². The molecule has 0 fully saturated rings. The molecule has 0 N–H and O–H groups in total. The van der Waals surface area contributed by atoms with Crippen molar-refractivity contribution in [1.82, 2.24) is 15.1 Å². The normalized spacial score (nSPS) is 11.7. The summed E-state index contributed by atoms with van der Waals surface area (Å²) in [6.45, 7) is 0.161. The van der Waals surface area contributed by atoms with E-state index in [-0.39, 0.29) is 12.5 Å². The summed E-state index contributed by atoms with van der Waals surface area (Å²) >= 11 is 0.944. The number of anilines is 1. The highest BCUT2D eigenvalue weighted by Crippen LogP contribution is 2.30. The number of hydrogen-bond acceptors (Lipinski definition) is 6. The van der Waals surface area contributed by atoms with Gasteiger partial charge in [0.05, 0.1) is 6.54 Å². The molecule has 9 heteroatoms. The Kier molecular flexibility index (Phi) is 4.03. The van der Waals surface area contributed by atoms with Gasteiger partial charge in [-0.05, 0) is 17.3 Å². The van der Waals surface area contributed by atoms with Crippen LogP contribution in [0.1, 0.15) is 10.7 Å². The summed E-state index contributed by atoms with van der Waals surface area (Å²) < 4.78 is 42.8. The van der Waals surface area contributed by atoms with E-state index in [9.17, 15) is 13.2 Å². The van der Waals surface area contributed by atoms with Gasteiger partial charge in [0.1, 0.15) is 5.01 Å². The van der Waals surface area contributed by atoms with Crippen molar-refractivity contribution in [3.63, 3.8) is 0 Å². The zero-order valence-corrected chi connectivity index (χ0v) is 12.7. The Morgan fingerprint density at radius 1 is 1.17 bits per heavy atom. The highest BCUT2D eigenvalue weighted by molar-refractivity contribution is 7.09. The summed E-state index contributed by atoms with van der Waals surface area (Å²) in [5.41, 5.74) is -0.114. The third-order valence-corrected chi connectivity index (χ3v) is 3.83. The lowest BCUT2D eigenvalue weighted by molar-refractivity contribution is -0.140. The topological polar surface area (TPSA) is 55.1 Å². The number of halogens is 3.